The molecule has 1 aromatic carbocycles. The lowest BCUT2D eigenvalue weighted by molar-refractivity contribution is 0.102. The van der Waals surface area contributed by atoms with Crippen molar-refractivity contribution in [1.82, 2.24) is 0 Å². The molecule has 0 bridgehead atoms. The number of rotatable bonds is 2. The van der Waals surface area contributed by atoms with Crippen molar-refractivity contribution in [1.29, 1.82) is 0 Å². The van der Waals surface area contributed by atoms with Crippen LogP contribution in [0.2, 0.25) is 0 Å². The van der Waals surface area contributed by atoms with Crippen LogP contribution in [0.25, 0.3) is 0 Å². The summed E-state index contributed by atoms with van der Waals surface area (Å²) in [5.74, 6) is -7.28. The summed E-state index contributed by atoms with van der Waals surface area (Å²) in [6.07, 6.45) is 0. The van der Waals surface area contributed by atoms with Crippen molar-refractivity contribution in [2.24, 2.45) is 0 Å². The smallest absolute Gasteiger partial charge is 0.256 e. The van der Waals surface area contributed by atoms with Crippen LogP contribution in [0, 0.1) is 26.2 Å². The van der Waals surface area contributed by atoms with Crippen LogP contribution in [0.5, 0.6) is 0 Å². The molecule has 8 heteroatoms. The summed E-state index contributed by atoms with van der Waals surface area (Å²) in [5, 5.41) is 3.29. The fourth-order valence-corrected chi connectivity index (χ4v) is 2.62. The average molecular weight is 401 g/mol. The third kappa shape index (κ3) is 2.89. The maximum Gasteiger partial charge on any atom is 0.256 e. The molecule has 0 aliphatic carbocycles. The first-order valence-corrected chi connectivity index (χ1v) is 6.74. The van der Waals surface area contributed by atoms with E-state index in [0.717, 1.165) is 2.88 Å². The molecule has 0 saturated heterocycles. The van der Waals surface area contributed by atoms with Crippen LogP contribution in [0.1, 0.15) is 10.4 Å². The van der Waals surface area contributed by atoms with Crippen LogP contribution in [-0.4, -0.2) is 5.91 Å². The highest BCUT2D eigenvalue weighted by atomic mass is 127. The highest BCUT2D eigenvalue weighted by molar-refractivity contribution is 14.1. The number of thiophene rings is 1. The van der Waals surface area contributed by atoms with Gasteiger partial charge in [0.15, 0.2) is 23.3 Å². The molecule has 0 saturated carbocycles. The summed E-state index contributed by atoms with van der Waals surface area (Å²) >= 11 is 3.21. The van der Waals surface area contributed by atoms with E-state index in [-0.39, 0.29) is 11.6 Å². The van der Waals surface area contributed by atoms with Crippen LogP contribution in [0.15, 0.2) is 17.5 Å². The van der Waals surface area contributed by atoms with Gasteiger partial charge in [0.05, 0.1) is 8.45 Å². The zero-order chi connectivity index (χ0) is 14.2. The molecule has 1 heterocycles. The summed E-state index contributed by atoms with van der Waals surface area (Å²) in [6.45, 7) is 0. The molecule has 19 heavy (non-hydrogen) atoms. The Morgan fingerprint density at radius 3 is 2.16 bits per heavy atom. The molecule has 1 N–H and O–H groups in total. The highest BCUT2D eigenvalue weighted by Crippen LogP contribution is 2.25. The molecule has 1 amide bonds. The van der Waals surface area contributed by atoms with Gasteiger partial charge >= 0.3 is 0 Å². The molecule has 0 aliphatic rings. The molecule has 0 aliphatic heterocycles. The zero-order valence-electron chi connectivity index (χ0n) is 8.94. The largest absolute Gasteiger partial charge is 0.317 e. The van der Waals surface area contributed by atoms with Gasteiger partial charge in [0, 0.05) is 11.4 Å². The zero-order valence-corrected chi connectivity index (χ0v) is 11.9. The van der Waals surface area contributed by atoms with Gasteiger partial charge < -0.3 is 5.32 Å². The second-order valence-corrected chi connectivity index (χ2v) is 6.24. The van der Waals surface area contributed by atoms with Gasteiger partial charge in [0.2, 0.25) is 0 Å². The van der Waals surface area contributed by atoms with Crippen molar-refractivity contribution < 1.29 is 22.4 Å². The molecule has 1 aromatic heterocycles. The quantitative estimate of drug-likeness (QED) is 0.457. The van der Waals surface area contributed by atoms with Gasteiger partial charge in [-0.25, -0.2) is 17.6 Å². The molecular weight excluding hydrogens is 397 g/mol. The van der Waals surface area contributed by atoms with Crippen molar-refractivity contribution >= 4 is 45.5 Å². The molecule has 2 rings (SSSR count). The SMILES string of the molecule is O=C(Nc1c(F)c(F)cc(F)c1F)c1csc(I)c1. The van der Waals surface area contributed by atoms with E-state index >= 15 is 0 Å². The molecule has 100 valence electrons. The fourth-order valence-electron chi connectivity index (χ4n) is 1.30. The van der Waals surface area contributed by atoms with Gasteiger partial charge in [0.1, 0.15) is 5.69 Å². The number of nitrogens with one attached hydrogen (secondary N) is 1. The second kappa shape index (κ2) is 5.45. The van der Waals surface area contributed by atoms with E-state index in [0.29, 0.717) is 0 Å². The summed E-state index contributed by atoms with van der Waals surface area (Å²) in [5.41, 5.74) is -0.985. The molecular formula is C11H4F4INOS. The number of hydrogen-bond acceptors (Lipinski definition) is 2. The van der Waals surface area contributed by atoms with Gasteiger partial charge in [-0.1, -0.05) is 0 Å². The third-order valence-corrected chi connectivity index (χ3v) is 3.97. The molecule has 2 nitrogen and oxygen atoms in total. The minimum Gasteiger partial charge on any atom is -0.317 e. The Labute approximate surface area is 122 Å². The Morgan fingerprint density at radius 1 is 1.11 bits per heavy atom. The Morgan fingerprint density at radius 2 is 1.68 bits per heavy atom. The summed E-state index contributed by atoms with van der Waals surface area (Å²) < 4.78 is 53.3. The van der Waals surface area contributed by atoms with E-state index in [1.807, 2.05) is 27.9 Å². The van der Waals surface area contributed by atoms with E-state index in [9.17, 15) is 22.4 Å². The van der Waals surface area contributed by atoms with E-state index in [1.165, 1.54) is 22.8 Å². The maximum absolute atomic E-state index is 13.3. The standard InChI is InChI=1S/C11H4F4INOS/c12-5-2-6(13)9(15)10(8(5)14)17-11(18)4-1-7(16)19-3-4/h1-3H,(H,17,18). The van der Waals surface area contributed by atoms with Crippen LogP contribution in [-0.2, 0) is 0 Å². The van der Waals surface area contributed by atoms with Crippen molar-refractivity contribution in [3.8, 4) is 0 Å². The highest BCUT2D eigenvalue weighted by Gasteiger charge is 2.21. The van der Waals surface area contributed by atoms with Crippen LogP contribution >= 0.6 is 33.9 Å². The van der Waals surface area contributed by atoms with Gasteiger partial charge in [-0.2, -0.15) is 0 Å². The van der Waals surface area contributed by atoms with Gasteiger partial charge in [-0.05, 0) is 28.7 Å². The molecule has 2 aromatic rings. The van der Waals surface area contributed by atoms with E-state index in [2.05, 4.69) is 0 Å². The lowest BCUT2D eigenvalue weighted by Crippen LogP contribution is -2.15. The van der Waals surface area contributed by atoms with Gasteiger partial charge in [-0.15, -0.1) is 11.3 Å². The average Bonchev–Trinajstić information content (AvgIpc) is 2.79. The summed E-state index contributed by atoms with van der Waals surface area (Å²) in [6, 6.07) is 1.56. The summed E-state index contributed by atoms with van der Waals surface area (Å²) in [7, 11) is 0. The fraction of sp³-hybridized carbons (Fsp3) is 0. The summed E-state index contributed by atoms with van der Waals surface area (Å²) in [4.78, 5) is 11.7. The predicted molar refractivity (Wildman–Crippen MR) is 71.3 cm³/mol. The number of benzene rings is 1. The lowest BCUT2D eigenvalue weighted by atomic mass is 10.2. The normalized spacial score (nSPS) is 10.6. The van der Waals surface area contributed by atoms with E-state index < -0.39 is 34.9 Å². The third-order valence-electron chi connectivity index (χ3n) is 2.18. The molecule has 0 atom stereocenters. The monoisotopic (exact) mass is 401 g/mol. The van der Waals surface area contributed by atoms with Crippen molar-refractivity contribution in [2.75, 3.05) is 5.32 Å². The number of anilines is 1. The van der Waals surface area contributed by atoms with E-state index in [4.69, 9.17) is 0 Å². The molecule has 0 fully saturated rings. The van der Waals surface area contributed by atoms with Crippen LogP contribution < -0.4 is 5.32 Å². The number of amides is 1. The minimum atomic E-state index is -1.64. The van der Waals surface area contributed by atoms with Crippen molar-refractivity contribution in [2.45, 2.75) is 0 Å². The maximum atomic E-state index is 13.3. The second-order valence-electron chi connectivity index (χ2n) is 3.44. The predicted octanol–water partition coefficient (Wildman–Crippen LogP) is 4.16. The Kier molecular flexibility index (Phi) is 4.09. The lowest BCUT2D eigenvalue weighted by Gasteiger charge is -2.08. The number of hydrogen-bond donors (Lipinski definition) is 1. The van der Waals surface area contributed by atoms with Crippen molar-refractivity contribution in [3.63, 3.8) is 0 Å². The van der Waals surface area contributed by atoms with Crippen LogP contribution in [0.4, 0.5) is 23.2 Å². The Hall–Kier alpha value is -1.16. The Bertz CT molecular complexity index is 632. The number of carbonyl (C=O) groups excluding carboxylic acids is 1. The van der Waals surface area contributed by atoms with Gasteiger partial charge in [0.25, 0.3) is 5.91 Å². The topological polar surface area (TPSA) is 29.1 Å². The first-order valence-electron chi connectivity index (χ1n) is 4.78. The first kappa shape index (κ1) is 14.3. The molecule has 0 radical (unpaired) electrons. The number of halogens is 5. The minimum absolute atomic E-state index is 0.0772. The number of carbonyl (C=O) groups is 1. The van der Waals surface area contributed by atoms with E-state index in [1.54, 1.807) is 0 Å². The van der Waals surface area contributed by atoms with Gasteiger partial charge in [-0.3, -0.25) is 4.79 Å². The van der Waals surface area contributed by atoms with Crippen LogP contribution in [0.3, 0.4) is 0 Å². The Balaban J connectivity index is 2.36. The molecule has 0 unspecified atom stereocenters. The molecule has 0 spiro atoms. The first-order chi connectivity index (χ1) is 8.90. The van der Waals surface area contributed by atoms with Crippen molar-refractivity contribution in [3.05, 3.63) is 49.2 Å².